The lowest BCUT2D eigenvalue weighted by Crippen LogP contribution is -2.47. The van der Waals surface area contributed by atoms with Crippen molar-refractivity contribution in [2.45, 2.75) is 44.4 Å². The fourth-order valence-electron chi connectivity index (χ4n) is 3.72. The smallest absolute Gasteiger partial charge is 0.392 e. The molecule has 1 aliphatic heterocycles. The molecule has 1 saturated carbocycles. The summed E-state index contributed by atoms with van der Waals surface area (Å²) in [7, 11) is 0. The molecule has 1 saturated heterocycles. The van der Waals surface area contributed by atoms with E-state index < -0.39 is 11.7 Å². The number of aromatic nitrogens is 1. The second kappa shape index (κ2) is 5.16. The Morgan fingerprint density at radius 3 is 2.71 bits per heavy atom. The highest BCUT2D eigenvalue weighted by Gasteiger charge is 2.45. The molecule has 2 heterocycles. The van der Waals surface area contributed by atoms with Gasteiger partial charge in [0.2, 0.25) is 0 Å². The molecule has 2 atom stereocenters. The van der Waals surface area contributed by atoms with Crippen LogP contribution in [-0.4, -0.2) is 29.3 Å². The molecule has 1 aromatic heterocycles. The van der Waals surface area contributed by atoms with Gasteiger partial charge in [0.05, 0.1) is 11.7 Å². The van der Waals surface area contributed by atoms with Gasteiger partial charge < -0.3 is 10.0 Å². The fourth-order valence-corrected chi connectivity index (χ4v) is 3.72. The van der Waals surface area contributed by atoms with E-state index in [1.54, 1.807) is 0 Å². The maximum atomic E-state index is 12.8. The number of hydrogen-bond acceptors (Lipinski definition) is 3. The summed E-state index contributed by atoms with van der Waals surface area (Å²) in [5.41, 5.74) is -0.826. The maximum absolute atomic E-state index is 12.8. The van der Waals surface area contributed by atoms with Crippen LogP contribution >= 0.6 is 0 Å². The highest BCUT2D eigenvalue weighted by atomic mass is 19.4. The molecule has 3 nitrogen and oxygen atoms in total. The number of aliphatic hydroxyl groups excluding tert-OH is 1. The summed E-state index contributed by atoms with van der Waals surface area (Å²) in [5.74, 6) is 0.364. The molecule has 1 N–H and O–H groups in total. The first kappa shape index (κ1) is 14.6. The van der Waals surface area contributed by atoms with Crippen LogP contribution < -0.4 is 4.90 Å². The third-order valence-corrected chi connectivity index (χ3v) is 4.86. The van der Waals surface area contributed by atoms with E-state index in [2.05, 4.69) is 4.98 Å². The zero-order valence-corrected chi connectivity index (χ0v) is 11.7. The number of rotatable bonds is 1. The number of nitrogens with zero attached hydrogens (tertiary/aromatic N) is 2. The highest BCUT2D eigenvalue weighted by Crippen LogP contribution is 2.45. The van der Waals surface area contributed by atoms with Crippen LogP contribution in [0.25, 0.3) is 0 Å². The van der Waals surface area contributed by atoms with E-state index in [0.717, 1.165) is 44.2 Å². The van der Waals surface area contributed by atoms with Crippen LogP contribution in [0.3, 0.4) is 0 Å². The van der Waals surface area contributed by atoms with Gasteiger partial charge in [0.1, 0.15) is 5.82 Å². The zero-order chi connectivity index (χ0) is 15.1. The Balaban J connectivity index is 1.84. The van der Waals surface area contributed by atoms with Gasteiger partial charge >= 0.3 is 6.18 Å². The summed E-state index contributed by atoms with van der Waals surface area (Å²) in [5, 5.41) is 10.2. The van der Waals surface area contributed by atoms with Gasteiger partial charge in [-0.05, 0) is 37.8 Å². The first-order valence-electron chi connectivity index (χ1n) is 7.37. The summed E-state index contributed by atoms with van der Waals surface area (Å²) in [4.78, 5) is 6.00. The maximum Gasteiger partial charge on any atom is 0.416 e. The SMILES string of the molecule is O[C@@H]1CCC[C@@]12CCCN(c1cc(C(F)(F)F)ccn1)C2. The van der Waals surface area contributed by atoms with Gasteiger partial charge in [-0.2, -0.15) is 13.2 Å². The molecule has 1 aromatic rings. The minimum absolute atomic E-state index is 0.159. The molecule has 1 aliphatic carbocycles. The molecule has 1 spiro atoms. The minimum Gasteiger partial charge on any atom is -0.392 e. The number of hydrogen-bond donors (Lipinski definition) is 1. The number of aliphatic hydroxyl groups is 1. The summed E-state index contributed by atoms with van der Waals surface area (Å²) < 4.78 is 38.4. The van der Waals surface area contributed by atoms with E-state index in [1.807, 2.05) is 4.90 Å². The second-order valence-electron chi connectivity index (χ2n) is 6.20. The summed E-state index contributed by atoms with van der Waals surface area (Å²) in [6.07, 6.45) is 1.09. The Morgan fingerprint density at radius 2 is 2.05 bits per heavy atom. The van der Waals surface area contributed by atoms with Gasteiger partial charge in [-0.3, -0.25) is 0 Å². The Kier molecular flexibility index (Phi) is 3.59. The van der Waals surface area contributed by atoms with Crippen molar-refractivity contribution in [2.75, 3.05) is 18.0 Å². The quantitative estimate of drug-likeness (QED) is 0.865. The standard InChI is InChI=1S/C15H19F3N2O/c16-15(17,18)11-4-7-19-13(9-11)20-8-2-6-14(10-20)5-1-3-12(14)21/h4,7,9,12,21H,1-3,5-6,8,10H2/t12-,14+/m1/s1. The first-order chi connectivity index (χ1) is 9.91. The molecule has 6 heteroatoms. The molecule has 0 radical (unpaired) electrons. The number of halogens is 3. The van der Waals surface area contributed by atoms with Crippen LogP contribution in [0, 0.1) is 5.41 Å². The number of alkyl halides is 3. The van der Waals surface area contributed by atoms with E-state index >= 15 is 0 Å². The molecule has 3 rings (SSSR count). The van der Waals surface area contributed by atoms with E-state index in [-0.39, 0.29) is 11.5 Å². The number of anilines is 1. The summed E-state index contributed by atoms with van der Waals surface area (Å²) >= 11 is 0. The molecule has 0 aromatic carbocycles. The van der Waals surface area contributed by atoms with Gasteiger partial charge in [0, 0.05) is 24.7 Å². The molecule has 21 heavy (non-hydrogen) atoms. The second-order valence-corrected chi connectivity index (χ2v) is 6.20. The Morgan fingerprint density at radius 1 is 1.29 bits per heavy atom. The summed E-state index contributed by atoms with van der Waals surface area (Å²) in [6, 6.07) is 2.11. The lowest BCUT2D eigenvalue weighted by molar-refractivity contribution is -0.137. The van der Waals surface area contributed by atoms with Crippen molar-refractivity contribution in [1.82, 2.24) is 4.98 Å². The lowest BCUT2D eigenvalue weighted by atomic mass is 9.76. The molecule has 2 fully saturated rings. The average molecular weight is 300 g/mol. The van der Waals surface area contributed by atoms with Crippen molar-refractivity contribution in [3.8, 4) is 0 Å². The third kappa shape index (κ3) is 2.73. The Bertz CT molecular complexity index is 520. The molecular weight excluding hydrogens is 281 g/mol. The van der Waals surface area contributed by atoms with Gasteiger partial charge in [-0.1, -0.05) is 6.42 Å². The van der Waals surface area contributed by atoms with Gasteiger partial charge in [-0.15, -0.1) is 0 Å². The molecule has 116 valence electrons. The predicted octanol–water partition coefficient (Wildman–Crippen LogP) is 3.23. The number of pyridine rings is 1. The van der Waals surface area contributed by atoms with Crippen LogP contribution in [-0.2, 0) is 6.18 Å². The minimum atomic E-state index is -4.35. The van der Waals surface area contributed by atoms with Crippen LogP contribution in [0.2, 0.25) is 0 Å². The van der Waals surface area contributed by atoms with Crippen molar-refractivity contribution in [3.05, 3.63) is 23.9 Å². The lowest BCUT2D eigenvalue weighted by Gasteiger charge is -2.43. The number of piperidine rings is 1. The van der Waals surface area contributed by atoms with Crippen molar-refractivity contribution < 1.29 is 18.3 Å². The fraction of sp³-hybridized carbons (Fsp3) is 0.667. The predicted molar refractivity (Wildman–Crippen MR) is 73.0 cm³/mol. The van der Waals surface area contributed by atoms with Crippen LogP contribution in [0.5, 0.6) is 0 Å². The normalized spacial score (nSPS) is 30.1. The van der Waals surface area contributed by atoms with Crippen LogP contribution in [0.15, 0.2) is 18.3 Å². The molecule has 2 aliphatic rings. The molecular formula is C15H19F3N2O. The topological polar surface area (TPSA) is 36.4 Å². The largest absolute Gasteiger partial charge is 0.416 e. The van der Waals surface area contributed by atoms with E-state index in [9.17, 15) is 18.3 Å². The summed E-state index contributed by atoms with van der Waals surface area (Å²) in [6.45, 7) is 1.30. The molecule has 0 unspecified atom stereocenters. The van der Waals surface area contributed by atoms with E-state index in [0.29, 0.717) is 18.9 Å². The van der Waals surface area contributed by atoms with Crippen molar-refractivity contribution in [3.63, 3.8) is 0 Å². The van der Waals surface area contributed by atoms with E-state index in [4.69, 9.17) is 0 Å². The van der Waals surface area contributed by atoms with Crippen molar-refractivity contribution in [2.24, 2.45) is 5.41 Å². The van der Waals surface area contributed by atoms with Crippen molar-refractivity contribution >= 4 is 5.82 Å². The van der Waals surface area contributed by atoms with Gasteiger partial charge in [-0.25, -0.2) is 4.98 Å². The molecule has 0 amide bonds. The van der Waals surface area contributed by atoms with Crippen LogP contribution in [0.4, 0.5) is 19.0 Å². The molecule has 0 bridgehead atoms. The first-order valence-corrected chi connectivity index (χ1v) is 7.37. The van der Waals surface area contributed by atoms with E-state index in [1.165, 1.54) is 6.20 Å². The van der Waals surface area contributed by atoms with Crippen LogP contribution in [0.1, 0.15) is 37.7 Å². The zero-order valence-electron chi connectivity index (χ0n) is 11.7. The third-order valence-electron chi connectivity index (χ3n) is 4.86. The monoisotopic (exact) mass is 300 g/mol. The van der Waals surface area contributed by atoms with Gasteiger partial charge in [0.15, 0.2) is 0 Å². The van der Waals surface area contributed by atoms with Gasteiger partial charge in [0.25, 0.3) is 0 Å². The average Bonchev–Trinajstić information content (AvgIpc) is 2.79. The highest BCUT2D eigenvalue weighted by molar-refractivity contribution is 5.43. The Labute approximate surface area is 121 Å². The Hall–Kier alpha value is -1.30. The van der Waals surface area contributed by atoms with Crippen molar-refractivity contribution in [1.29, 1.82) is 0 Å².